The van der Waals surface area contributed by atoms with Crippen molar-refractivity contribution in [3.8, 4) is 0 Å². The number of hydrogen-bond donors (Lipinski definition) is 2. The van der Waals surface area contributed by atoms with Gasteiger partial charge in [-0.1, -0.05) is 6.07 Å². The van der Waals surface area contributed by atoms with Gasteiger partial charge in [0, 0.05) is 12.3 Å². The molecule has 1 aliphatic rings. The lowest BCUT2D eigenvalue weighted by atomic mass is 10.0. The maximum Gasteiger partial charge on any atom is 0.307 e. The third-order valence-corrected chi connectivity index (χ3v) is 3.90. The monoisotopic (exact) mass is 309 g/mol. The van der Waals surface area contributed by atoms with Crippen molar-refractivity contribution in [1.29, 1.82) is 0 Å². The number of carboxylic acid groups (broad SMARTS) is 1. The summed E-state index contributed by atoms with van der Waals surface area (Å²) in [7, 11) is 0. The van der Waals surface area contributed by atoms with E-state index < -0.39 is 17.4 Å². The number of carbonyl (C=O) groups excluding carboxylic acids is 1. The maximum absolute atomic E-state index is 13.8. The Morgan fingerprint density at radius 3 is 2.59 bits per heavy atom. The lowest BCUT2D eigenvalue weighted by molar-refractivity contribution is -0.140. The number of ether oxygens (including phenoxy) is 1. The Bertz CT molecular complexity index is 567. The number of nitrogens with one attached hydrogen (secondary N) is 1. The molecule has 0 spiro atoms. The van der Waals surface area contributed by atoms with Gasteiger partial charge in [-0.05, 0) is 50.3 Å². The fourth-order valence-electron chi connectivity index (χ4n) is 2.84. The quantitative estimate of drug-likeness (QED) is 0.847. The first kappa shape index (κ1) is 16.4. The van der Waals surface area contributed by atoms with E-state index in [9.17, 15) is 14.0 Å². The Morgan fingerprint density at radius 1 is 1.36 bits per heavy atom. The molecule has 120 valence electrons. The van der Waals surface area contributed by atoms with Crippen LogP contribution in [0.3, 0.4) is 0 Å². The summed E-state index contributed by atoms with van der Waals surface area (Å²) in [4.78, 5) is 23.1. The summed E-state index contributed by atoms with van der Waals surface area (Å²) in [6, 6.07) is 4.03. The van der Waals surface area contributed by atoms with Crippen LogP contribution in [-0.2, 0) is 20.7 Å². The van der Waals surface area contributed by atoms with Crippen LogP contribution < -0.4 is 5.32 Å². The van der Waals surface area contributed by atoms with E-state index in [-0.39, 0.29) is 17.9 Å². The number of carbonyl (C=O) groups is 2. The Labute approximate surface area is 128 Å². The lowest BCUT2D eigenvalue weighted by Gasteiger charge is -2.27. The Hall–Kier alpha value is -1.95. The number of halogens is 1. The summed E-state index contributed by atoms with van der Waals surface area (Å²) in [6.45, 7) is 2.28. The summed E-state index contributed by atoms with van der Waals surface area (Å²) < 4.78 is 19.5. The van der Waals surface area contributed by atoms with Gasteiger partial charge in [0.25, 0.3) is 5.91 Å². The zero-order valence-electron chi connectivity index (χ0n) is 12.5. The van der Waals surface area contributed by atoms with Crippen LogP contribution in [0.25, 0.3) is 0 Å². The van der Waals surface area contributed by atoms with Crippen LogP contribution in [0.15, 0.2) is 18.2 Å². The number of benzene rings is 1. The van der Waals surface area contributed by atoms with Crippen molar-refractivity contribution in [2.45, 2.75) is 44.6 Å². The highest BCUT2D eigenvalue weighted by Crippen LogP contribution is 2.34. The number of rotatable bonds is 6. The molecule has 2 rings (SSSR count). The largest absolute Gasteiger partial charge is 0.481 e. The minimum atomic E-state index is -1.10. The molecule has 2 N–H and O–H groups in total. The first-order chi connectivity index (χ1) is 10.5. The van der Waals surface area contributed by atoms with Crippen molar-refractivity contribution >= 4 is 17.6 Å². The predicted octanol–water partition coefficient (Wildman–Crippen LogP) is 2.74. The van der Waals surface area contributed by atoms with Gasteiger partial charge in [0.15, 0.2) is 0 Å². The van der Waals surface area contributed by atoms with Gasteiger partial charge in [0.1, 0.15) is 11.4 Å². The number of aliphatic carboxylic acids is 1. The Kier molecular flexibility index (Phi) is 5.13. The molecule has 0 saturated heterocycles. The number of anilines is 1. The third kappa shape index (κ3) is 3.62. The standard InChI is InChI=1S/C16H20FNO4/c1-2-22-16(7-3-4-8-16)15(21)18-12-6-5-11(9-14(19)20)13(17)10-12/h5-6,10H,2-4,7-9H2,1H3,(H,18,21)(H,19,20). The predicted molar refractivity (Wildman–Crippen MR) is 79.2 cm³/mol. The Morgan fingerprint density at radius 2 is 2.05 bits per heavy atom. The van der Waals surface area contributed by atoms with Crippen molar-refractivity contribution < 1.29 is 23.8 Å². The summed E-state index contributed by atoms with van der Waals surface area (Å²) in [5.74, 6) is -2.01. The zero-order chi connectivity index (χ0) is 16.2. The van der Waals surface area contributed by atoms with E-state index in [2.05, 4.69) is 5.32 Å². The molecule has 6 heteroatoms. The summed E-state index contributed by atoms with van der Waals surface area (Å²) >= 11 is 0. The molecular formula is C16H20FNO4. The highest BCUT2D eigenvalue weighted by atomic mass is 19.1. The van der Waals surface area contributed by atoms with Crippen LogP contribution in [0.1, 0.15) is 38.2 Å². The van der Waals surface area contributed by atoms with Crippen molar-refractivity contribution in [2.75, 3.05) is 11.9 Å². The molecule has 0 aliphatic heterocycles. The number of carboxylic acids is 1. The first-order valence-electron chi connectivity index (χ1n) is 7.42. The van der Waals surface area contributed by atoms with Gasteiger partial charge < -0.3 is 15.2 Å². The van der Waals surface area contributed by atoms with Crippen LogP contribution in [0.4, 0.5) is 10.1 Å². The highest BCUT2D eigenvalue weighted by Gasteiger charge is 2.42. The number of hydrogen-bond acceptors (Lipinski definition) is 3. The van der Waals surface area contributed by atoms with Gasteiger partial charge in [-0.3, -0.25) is 9.59 Å². The second-order valence-corrected chi connectivity index (χ2v) is 5.47. The fraction of sp³-hybridized carbons (Fsp3) is 0.500. The van der Waals surface area contributed by atoms with Gasteiger partial charge in [0.05, 0.1) is 6.42 Å². The van der Waals surface area contributed by atoms with E-state index in [1.165, 1.54) is 12.1 Å². The van der Waals surface area contributed by atoms with Crippen LogP contribution >= 0.6 is 0 Å². The molecule has 1 fully saturated rings. The van der Waals surface area contributed by atoms with Gasteiger partial charge in [-0.25, -0.2) is 4.39 Å². The second-order valence-electron chi connectivity index (χ2n) is 5.47. The van der Waals surface area contributed by atoms with E-state index in [4.69, 9.17) is 9.84 Å². The second kappa shape index (κ2) is 6.87. The molecule has 0 heterocycles. The number of amides is 1. The van der Waals surface area contributed by atoms with E-state index in [0.29, 0.717) is 25.1 Å². The molecule has 0 unspecified atom stereocenters. The SMILES string of the molecule is CCOC1(C(=O)Nc2ccc(CC(=O)O)c(F)c2)CCCC1. The van der Waals surface area contributed by atoms with Gasteiger partial charge in [-0.2, -0.15) is 0 Å². The molecule has 1 saturated carbocycles. The summed E-state index contributed by atoms with van der Waals surface area (Å²) in [6.07, 6.45) is 2.79. The van der Waals surface area contributed by atoms with Gasteiger partial charge in [0.2, 0.25) is 0 Å². The molecule has 5 nitrogen and oxygen atoms in total. The van der Waals surface area contributed by atoms with Crippen molar-refractivity contribution in [2.24, 2.45) is 0 Å². The summed E-state index contributed by atoms with van der Waals surface area (Å²) in [5, 5.41) is 11.4. The zero-order valence-corrected chi connectivity index (χ0v) is 12.5. The molecule has 1 amide bonds. The average molecular weight is 309 g/mol. The fourth-order valence-corrected chi connectivity index (χ4v) is 2.84. The maximum atomic E-state index is 13.8. The van der Waals surface area contributed by atoms with Crippen molar-refractivity contribution in [3.05, 3.63) is 29.6 Å². The third-order valence-electron chi connectivity index (χ3n) is 3.90. The van der Waals surface area contributed by atoms with Crippen molar-refractivity contribution in [3.63, 3.8) is 0 Å². The van der Waals surface area contributed by atoms with E-state index in [0.717, 1.165) is 18.9 Å². The first-order valence-corrected chi connectivity index (χ1v) is 7.42. The normalized spacial score (nSPS) is 16.5. The van der Waals surface area contributed by atoms with E-state index in [1.807, 2.05) is 6.92 Å². The van der Waals surface area contributed by atoms with Crippen LogP contribution in [0.2, 0.25) is 0 Å². The molecule has 0 bridgehead atoms. The molecule has 1 aromatic rings. The summed E-state index contributed by atoms with van der Waals surface area (Å²) in [5.41, 5.74) is -0.432. The average Bonchev–Trinajstić information content (AvgIpc) is 2.92. The van der Waals surface area contributed by atoms with E-state index in [1.54, 1.807) is 0 Å². The van der Waals surface area contributed by atoms with Crippen LogP contribution in [-0.4, -0.2) is 29.2 Å². The lowest BCUT2D eigenvalue weighted by Crippen LogP contribution is -2.43. The van der Waals surface area contributed by atoms with Crippen LogP contribution in [0, 0.1) is 5.82 Å². The van der Waals surface area contributed by atoms with Gasteiger partial charge in [-0.15, -0.1) is 0 Å². The molecule has 1 aromatic carbocycles. The smallest absolute Gasteiger partial charge is 0.307 e. The molecule has 0 radical (unpaired) electrons. The molecule has 0 atom stereocenters. The Balaban J connectivity index is 2.11. The van der Waals surface area contributed by atoms with Crippen molar-refractivity contribution in [1.82, 2.24) is 0 Å². The highest BCUT2D eigenvalue weighted by molar-refractivity contribution is 5.97. The minimum Gasteiger partial charge on any atom is -0.481 e. The molecular weight excluding hydrogens is 289 g/mol. The van der Waals surface area contributed by atoms with Crippen LogP contribution in [0.5, 0.6) is 0 Å². The van der Waals surface area contributed by atoms with E-state index >= 15 is 0 Å². The molecule has 22 heavy (non-hydrogen) atoms. The molecule has 0 aromatic heterocycles. The minimum absolute atomic E-state index is 0.0888. The van der Waals surface area contributed by atoms with Gasteiger partial charge >= 0.3 is 5.97 Å². The topological polar surface area (TPSA) is 75.6 Å². The molecule has 1 aliphatic carbocycles.